The Morgan fingerprint density at radius 2 is 2.00 bits per heavy atom. The van der Waals surface area contributed by atoms with Gasteiger partial charge in [0.1, 0.15) is 16.5 Å². The summed E-state index contributed by atoms with van der Waals surface area (Å²) in [4.78, 5) is -0.563. The summed E-state index contributed by atoms with van der Waals surface area (Å²) in [7, 11) is -4.00. The molecule has 2 aliphatic rings. The first-order chi connectivity index (χ1) is 10.00. The molecule has 1 N–H and O–H groups in total. The fourth-order valence-electron chi connectivity index (χ4n) is 3.31. The Morgan fingerprint density at radius 3 is 2.71 bits per heavy atom. The Kier molecular flexibility index (Phi) is 3.98. The molecule has 2 fully saturated rings. The molecule has 2 heterocycles. The molecule has 0 radical (unpaired) electrons. The van der Waals surface area contributed by atoms with Gasteiger partial charge in [0.25, 0.3) is 0 Å². The molecule has 21 heavy (non-hydrogen) atoms. The summed E-state index contributed by atoms with van der Waals surface area (Å²) in [6.07, 6.45) is 3.44. The zero-order valence-electron chi connectivity index (χ0n) is 11.6. The Hall–Kier alpha value is -1.05. The summed E-state index contributed by atoms with van der Waals surface area (Å²) in [6, 6.07) is 2.50. The highest BCUT2D eigenvalue weighted by atomic mass is 32.2. The molecule has 7 heteroatoms. The topological polar surface area (TPSA) is 49.4 Å². The van der Waals surface area contributed by atoms with Gasteiger partial charge >= 0.3 is 0 Å². The molecule has 2 aliphatic heterocycles. The monoisotopic (exact) mass is 316 g/mol. The van der Waals surface area contributed by atoms with E-state index in [2.05, 4.69) is 5.32 Å². The third-order valence-corrected chi connectivity index (χ3v) is 6.23. The van der Waals surface area contributed by atoms with Crippen LogP contribution in [0.25, 0.3) is 0 Å². The second-order valence-electron chi connectivity index (χ2n) is 5.60. The average Bonchev–Trinajstić information content (AvgIpc) is 3.10. The minimum Gasteiger partial charge on any atom is -0.312 e. The van der Waals surface area contributed by atoms with Crippen molar-refractivity contribution in [3.05, 3.63) is 29.8 Å². The predicted molar refractivity (Wildman–Crippen MR) is 74.3 cm³/mol. The lowest BCUT2D eigenvalue weighted by Crippen LogP contribution is -2.46. The van der Waals surface area contributed by atoms with Gasteiger partial charge in [0.05, 0.1) is 0 Å². The summed E-state index contributed by atoms with van der Waals surface area (Å²) < 4.78 is 53.8. The zero-order valence-corrected chi connectivity index (χ0v) is 12.4. The molecule has 4 nitrogen and oxygen atoms in total. The lowest BCUT2D eigenvalue weighted by atomic mass is 10.1. The minimum atomic E-state index is -4.00. The third-order valence-electron chi connectivity index (χ3n) is 4.29. The molecular weight excluding hydrogens is 298 g/mol. The van der Waals surface area contributed by atoms with E-state index in [-0.39, 0.29) is 12.1 Å². The Bertz CT molecular complexity index is 630. The van der Waals surface area contributed by atoms with Crippen LogP contribution in [0.3, 0.4) is 0 Å². The number of nitrogens with zero attached hydrogens (tertiary/aromatic N) is 1. The molecule has 116 valence electrons. The van der Waals surface area contributed by atoms with Crippen molar-refractivity contribution in [2.24, 2.45) is 0 Å². The lowest BCUT2D eigenvalue weighted by Gasteiger charge is -2.28. The molecule has 0 aromatic heterocycles. The normalized spacial score (nSPS) is 27.3. The van der Waals surface area contributed by atoms with Gasteiger partial charge in [-0.3, -0.25) is 0 Å². The van der Waals surface area contributed by atoms with Crippen LogP contribution in [-0.4, -0.2) is 37.9 Å². The number of benzene rings is 1. The second-order valence-corrected chi connectivity index (χ2v) is 7.46. The molecule has 1 aromatic carbocycles. The predicted octanol–water partition coefficient (Wildman–Crippen LogP) is 1.87. The van der Waals surface area contributed by atoms with Crippen molar-refractivity contribution in [3.8, 4) is 0 Å². The largest absolute Gasteiger partial charge is 0.312 e. The molecule has 2 saturated heterocycles. The molecule has 1 aromatic rings. The number of hydrogen-bond donors (Lipinski definition) is 1. The maximum atomic E-state index is 13.8. The number of rotatable bonds is 3. The first-order valence-corrected chi connectivity index (χ1v) is 8.64. The quantitative estimate of drug-likeness (QED) is 0.926. The standard InChI is InChI=1S/C14H18F2N2O2S/c15-10-5-6-11(16)14(9-10)21(19,20)18-8-2-4-13(18)12-3-1-7-17-12/h5-6,9,12-13,17H,1-4,7-8H2. The maximum Gasteiger partial charge on any atom is 0.246 e. The van der Waals surface area contributed by atoms with Crippen molar-refractivity contribution in [3.63, 3.8) is 0 Å². The smallest absolute Gasteiger partial charge is 0.246 e. The highest BCUT2D eigenvalue weighted by Gasteiger charge is 2.41. The lowest BCUT2D eigenvalue weighted by molar-refractivity contribution is 0.320. The number of nitrogens with one attached hydrogen (secondary N) is 1. The first kappa shape index (κ1) is 14.9. The van der Waals surface area contributed by atoms with E-state index in [1.165, 1.54) is 4.31 Å². The second kappa shape index (κ2) is 5.62. The SMILES string of the molecule is O=S(=O)(c1cc(F)ccc1F)N1CCCC1C1CCCN1. The van der Waals surface area contributed by atoms with Crippen LogP contribution in [-0.2, 0) is 10.0 Å². The third kappa shape index (κ3) is 2.69. The Labute approximate surface area is 123 Å². The van der Waals surface area contributed by atoms with Gasteiger partial charge < -0.3 is 5.32 Å². The first-order valence-electron chi connectivity index (χ1n) is 7.20. The van der Waals surface area contributed by atoms with Gasteiger partial charge in [-0.2, -0.15) is 4.31 Å². The molecule has 0 aliphatic carbocycles. The molecular formula is C14H18F2N2O2S. The van der Waals surface area contributed by atoms with E-state index in [0.29, 0.717) is 6.54 Å². The van der Waals surface area contributed by atoms with Crippen molar-refractivity contribution in [2.45, 2.75) is 42.7 Å². The van der Waals surface area contributed by atoms with Crippen LogP contribution in [0.15, 0.2) is 23.1 Å². The summed E-state index contributed by atoms with van der Waals surface area (Å²) in [5.74, 6) is -1.65. The van der Waals surface area contributed by atoms with Crippen LogP contribution in [0.4, 0.5) is 8.78 Å². The highest BCUT2D eigenvalue weighted by Crippen LogP contribution is 2.31. The number of hydrogen-bond acceptors (Lipinski definition) is 3. The van der Waals surface area contributed by atoms with E-state index in [9.17, 15) is 17.2 Å². The Balaban J connectivity index is 1.95. The van der Waals surface area contributed by atoms with Gasteiger partial charge in [0.15, 0.2) is 0 Å². The number of halogens is 2. The maximum absolute atomic E-state index is 13.8. The number of sulfonamides is 1. The van der Waals surface area contributed by atoms with Gasteiger partial charge in [-0.25, -0.2) is 17.2 Å². The molecule has 0 bridgehead atoms. The van der Waals surface area contributed by atoms with Crippen molar-refractivity contribution in [2.75, 3.05) is 13.1 Å². The molecule has 3 rings (SSSR count). The van der Waals surface area contributed by atoms with E-state index < -0.39 is 26.6 Å². The van der Waals surface area contributed by atoms with Crippen molar-refractivity contribution < 1.29 is 17.2 Å². The summed E-state index contributed by atoms with van der Waals surface area (Å²) in [5.41, 5.74) is 0. The fourth-order valence-corrected chi connectivity index (χ4v) is 5.11. The fraction of sp³-hybridized carbons (Fsp3) is 0.571. The van der Waals surface area contributed by atoms with E-state index in [1.54, 1.807) is 0 Å². The Morgan fingerprint density at radius 1 is 1.19 bits per heavy atom. The average molecular weight is 316 g/mol. The summed E-state index contributed by atoms with van der Waals surface area (Å²) >= 11 is 0. The summed E-state index contributed by atoms with van der Waals surface area (Å²) in [6.45, 7) is 1.24. The van der Waals surface area contributed by atoms with E-state index in [0.717, 1.165) is 50.4 Å². The summed E-state index contributed by atoms with van der Waals surface area (Å²) in [5, 5.41) is 3.30. The van der Waals surface area contributed by atoms with Crippen LogP contribution < -0.4 is 5.32 Å². The van der Waals surface area contributed by atoms with Gasteiger partial charge in [-0.1, -0.05) is 0 Å². The van der Waals surface area contributed by atoms with E-state index >= 15 is 0 Å². The van der Waals surface area contributed by atoms with Crippen molar-refractivity contribution in [1.29, 1.82) is 0 Å². The van der Waals surface area contributed by atoms with Gasteiger partial charge in [0.2, 0.25) is 10.0 Å². The van der Waals surface area contributed by atoms with Crippen LogP contribution in [0.1, 0.15) is 25.7 Å². The zero-order chi connectivity index (χ0) is 15.0. The van der Waals surface area contributed by atoms with Crippen molar-refractivity contribution in [1.82, 2.24) is 9.62 Å². The highest BCUT2D eigenvalue weighted by molar-refractivity contribution is 7.89. The van der Waals surface area contributed by atoms with Gasteiger partial charge in [-0.15, -0.1) is 0 Å². The van der Waals surface area contributed by atoms with Gasteiger partial charge in [-0.05, 0) is 50.4 Å². The molecule has 0 spiro atoms. The van der Waals surface area contributed by atoms with Crippen LogP contribution in [0, 0.1) is 11.6 Å². The van der Waals surface area contributed by atoms with Crippen LogP contribution >= 0.6 is 0 Å². The minimum absolute atomic E-state index is 0.110. The molecule has 0 saturated carbocycles. The van der Waals surface area contributed by atoms with Gasteiger partial charge in [0, 0.05) is 18.6 Å². The van der Waals surface area contributed by atoms with E-state index in [4.69, 9.17) is 0 Å². The van der Waals surface area contributed by atoms with Crippen LogP contribution in [0.5, 0.6) is 0 Å². The van der Waals surface area contributed by atoms with Crippen LogP contribution in [0.2, 0.25) is 0 Å². The molecule has 2 unspecified atom stereocenters. The van der Waals surface area contributed by atoms with Crippen molar-refractivity contribution >= 4 is 10.0 Å². The van der Waals surface area contributed by atoms with E-state index in [1.807, 2.05) is 0 Å². The molecule has 2 atom stereocenters. The molecule has 0 amide bonds.